The maximum Gasteiger partial charge on any atom is 0.407 e. The van der Waals surface area contributed by atoms with Gasteiger partial charge in [-0.05, 0) is 33.6 Å². The molecule has 0 aromatic heterocycles. The van der Waals surface area contributed by atoms with Crippen molar-refractivity contribution in [2.75, 3.05) is 13.2 Å². The Labute approximate surface area is 161 Å². The molecule has 0 bridgehead atoms. The molecule has 2 rings (SSSR count). The molecular weight excluding hydrogens is 346 g/mol. The first-order valence-electron chi connectivity index (χ1n) is 9.62. The first-order chi connectivity index (χ1) is 12.8. The Kier molecular flexibility index (Phi) is 7.39. The molecule has 1 aromatic carbocycles. The fourth-order valence-corrected chi connectivity index (χ4v) is 3.01. The number of hydrogen-bond donors (Lipinski definition) is 1. The summed E-state index contributed by atoms with van der Waals surface area (Å²) >= 11 is 0. The summed E-state index contributed by atoms with van der Waals surface area (Å²) in [6.07, 6.45) is 1.61. The van der Waals surface area contributed by atoms with Gasteiger partial charge >= 0.3 is 6.09 Å². The van der Waals surface area contributed by atoms with E-state index in [2.05, 4.69) is 5.32 Å². The molecule has 2 atom stereocenters. The van der Waals surface area contributed by atoms with E-state index in [4.69, 9.17) is 14.2 Å². The Balaban J connectivity index is 2.15. The zero-order chi connectivity index (χ0) is 19.9. The molecule has 0 saturated carbocycles. The molecule has 0 spiro atoms. The third-order valence-corrected chi connectivity index (χ3v) is 4.20. The van der Waals surface area contributed by atoms with Gasteiger partial charge in [0.1, 0.15) is 6.61 Å². The lowest BCUT2D eigenvalue weighted by atomic mass is 9.95. The molecule has 6 nitrogen and oxygen atoms in total. The molecule has 1 aliphatic rings. The van der Waals surface area contributed by atoms with E-state index in [9.17, 15) is 9.59 Å². The van der Waals surface area contributed by atoms with Crippen LogP contribution in [0.2, 0.25) is 0 Å². The molecule has 27 heavy (non-hydrogen) atoms. The van der Waals surface area contributed by atoms with Crippen molar-refractivity contribution < 1.29 is 23.8 Å². The van der Waals surface area contributed by atoms with Gasteiger partial charge in [0.2, 0.25) is 0 Å². The number of ether oxygens (including phenoxy) is 3. The average molecular weight is 377 g/mol. The third-order valence-electron chi connectivity index (χ3n) is 4.20. The summed E-state index contributed by atoms with van der Waals surface area (Å²) in [6.45, 7) is 8.17. The van der Waals surface area contributed by atoms with Crippen molar-refractivity contribution in [3.05, 3.63) is 35.9 Å². The zero-order valence-electron chi connectivity index (χ0n) is 16.7. The standard InChI is InChI=1S/C21H31NO5/c1-5-10-17(15-25-19(24)22-20(2,3)4)27-21(16-11-7-6-8-12-16)18(23)13-9-14-26-21/h6-8,11-12,17H,5,9-10,13-15H2,1-4H3,(H,22,24). The Morgan fingerprint density at radius 2 is 2.00 bits per heavy atom. The number of ketones is 1. The molecule has 1 aromatic rings. The molecule has 0 aliphatic carbocycles. The van der Waals surface area contributed by atoms with Gasteiger partial charge in [0.05, 0.1) is 12.7 Å². The van der Waals surface area contributed by atoms with Crippen molar-refractivity contribution in [2.45, 2.75) is 70.8 Å². The number of alkyl carbamates (subject to hydrolysis) is 1. The van der Waals surface area contributed by atoms with Gasteiger partial charge in [-0.1, -0.05) is 43.7 Å². The van der Waals surface area contributed by atoms with Crippen molar-refractivity contribution in [1.82, 2.24) is 5.32 Å². The van der Waals surface area contributed by atoms with Crippen LogP contribution in [0.1, 0.15) is 58.9 Å². The van der Waals surface area contributed by atoms with Crippen LogP contribution in [0.4, 0.5) is 4.79 Å². The van der Waals surface area contributed by atoms with E-state index in [1.54, 1.807) is 0 Å². The first kappa shape index (κ1) is 21.4. The lowest BCUT2D eigenvalue weighted by Crippen LogP contribution is -2.48. The monoisotopic (exact) mass is 377 g/mol. The number of benzene rings is 1. The normalized spacial score (nSPS) is 21.6. The van der Waals surface area contributed by atoms with E-state index < -0.39 is 18.0 Å². The Hall–Kier alpha value is -1.92. The number of carbonyl (C=O) groups excluding carboxylic acids is 2. The fourth-order valence-electron chi connectivity index (χ4n) is 3.01. The number of carbonyl (C=O) groups is 2. The fraction of sp³-hybridized carbons (Fsp3) is 0.619. The summed E-state index contributed by atoms with van der Waals surface area (Å²) in [5.74, 6) is -1.52. The van der Waals surface area contributed by atoms with Gasteiger partial charge in [0, 0.05) is 17.5 Å². The van der Waals surface area contributed by atoms with Crippen LogP contribution in [-0.2, 0) is 24.8 Å². The van der Waals surface area contributed by atoms with E-state index in [1.807, 2.05) is 58.0 Å². The largest absolute Gasteiger partial charge is 0.447 e. The topological polar surface area (TPSA) is 73.9 Å². The highest BCUT2D eigenvalue weighted by molar-refractivity contribution is 5.87. The maximum atomic E-state index is 12.8. The van der Waals surface area contributed by atoms with Crippen molar-refractivity contribution in [2.24, 2.45) is 0 Å². The van der Waals surface area contributed by atoms with Crippen molar-refractivity contribution in [3.8, 4) is 0 Å². The average Bonchev–Trinajstić information content (AvgIpc) is 2.61. The van der Waals surface area contributed by atoms with Gasteiger partial charge in [-0.15, -0.1) is 0 Å². The van der Waals surface area contributed by atoms with Gasteiger partial charge in [0.15, 0.2) is 5.78 Å². The molecule has 1 fully saturated rings. The van der Waals surface area contributed by atoms with Crippen LogP contribution >= 0.6 is 0 Å². The molecule has 6 heteroatoms. The number of hydrogen-bond acceptors (Lipinski definition) is 5. The minimum absolute atomic E-state index is 0.0565. The number of Topliss-reactive ketones (excluding diaryl/α,β-unsaturated/α-hetero) is 1. The van der Waals surface area contributed by atoms with Gasteiger partial charge in [-0.2, -0.15) is 0 Å². The second kappa shape index (κ2) is 9.33. The van der Waals surface area contributed by atoms with Gasteiger partial charge in [0.25, 0.3) is 5.79 Å². The second-order valence-electron chi connectivity index (χ2n) is 7.86. The third kappa shape index (κ3) is 6.04. The van der Waals surface area contributed by atoms with E-state index in [1.165, 1.54) is 0 Å². The minimum atomic E-state index is -1.43. The van der Waals surface area contributed by atoms with E-state index in [0.717, 1.165) is 6.42 Å². The van der Waals surface area contributed by atoms with Crippen LogP contribution in [0.3, 0.4) is 0 Å². The number of amides is 1. The van der Waals surface area contributed by atoms with Crippen LogP contribution in [0.15, 0.2) is 30.3 Å². The van der Waals surface area contributed by atoms with E-state index in [-0.39, 0.29) is 17.9 Å². The highest BCUT2D eigenvalue weighted by atomic mass is 16.7. The second-order valence-corrected chi connectivity index (χ2v) is 7.86. The summed E-state index contributed by atoms with van der Waals surface area (Å²) in [5, 5.41) is 2.76. The smallest absolute Gasteiger partial charge is 0.407 e. The highest BCUT2D eigenvalue weighted by Crippen LogP contribution is 2.35. The quantitative estimate of drug-likeness (QED) is 0.779. The molecule has 1 saturated heterocycles. The molecule has 2 unspecified atom stereocenters. The lowest BCUT2D eigenvalue weighted by molar-refractivity contribution is -0.267. The maximum absolute atomic E-state index is 12.8. The summed E-state index contributed by atoms with van der Waals surface area (Å²) in [4.78, 5) is 24.8. The van der Waals surface area contributed by atoms with Crippen LogP contribution in [0, 0.1) is 0 Å². The van der Waals surface area contributed by atoms with Gasteiger partial charge in [-0.3, -0.25) is 4.79 Å². The number of nitrogens with one attached hydrogen (secondary N) is 1. The van der Waals surface area contributed by atoms with Crippen molar-refractivity contribution in [3.63, 3.8) is 0 Å². The molecule has 150 valence electrons. The predicted octanol–water partition coefficient (Wildman–Crippen LogP) is 3.93. The summed E-state index contributed by atoms with van der Waals surface area (Å²) in [6, 6.07) is 9.26. The summed E-state index contributed by atoms with van der Waals surface area (Å²) < 4.78 is 17.5. The number of rotatable bonds is 7. The molecule has 1 amide bonds. The van der Waals surface area contributed by atoms with E-state index >= 15 is 0 Å². The molecular formula is C21H31NO5. The molecule has 1 aliphatic heterocycles. The molecule has 1 N–H and O–H groups in total. The van der Waals surface area contributed by atoms with Crippen LogP contribution < -0.4 is 5.32 Å². The molecule has 1 heterocycles. The van der Waals surface area contributed by atoms with Crippen LogP contribution in [0.5, 0.6) is 0 Å². The predicted molar refractivity (Wildman–Crippen MR) is 102 cm³/mol. The summed E-state index contributed by atoms with van der Waals surface area (Å²) in [7, 11) is 0. The Morgan fingerprint density at radius 1 is 1.30 bits per heavy atom. The van der Waals surface area contributed by atoms with Gasteiger partial charge in [-0.25, -0.2) is 4.79 Å². The molecule has 0 radical (unpaired) electrons. The van der Waals surface area contributed by atoms with Crippen molar-refractivity contribution >= 4 is 11.9 Å². The Bertz CT molecular complexity index is 625. The van der Waals surface area contributed by atoms with Crippen LogP contribution in [0.25, 0.3) is 0 Å². The zero-order valence-corrected chi connectivity index (χ0v) is 16.7. The minimum Gasteiger partial charge on any atom is -0.447 e. The van der Waals surface area contributed by atoms with Crippen LogP contribution in [-0.4, -0.2) is 36.7 Å². The summed E-state index contributed by atoms with van der Waals surface area (Å²) in [5.41, 5.74) is 0.293. The first-order valence-corrected chi connectivity index (χ1v) is 9.62. The highest BCUT2D eigenvalue weighted by Gasteiger charge is 2.46. The SMILES string of the molecule is CCCC(COC(=O)NC(C)(C)C)OC1(c2ccccc2)OCCCC1=O. The van der Waals surface area contributed by atoms with Crippen molar-refractivity contribution in [1.29, 1.82) is 0 Å². The van der Waals surface area contributed by atoms with E-state index in [0.29, 0.717) is 31.4 Å². The van der Waals surface area contributed by atoms with Gasteiger partial charge < -0.3 is 19.5 Å². The Morgan fingerprint density at radius 3 is 2.59 bits per heavy atom. The lowest BCUT2D eigenvalue weighted by Gasteiger charge is -2.38.